The van der Waals surface area contributed by atoms with Crippen molar-refractivity contribution in [2.75, 3.05) is 6.54 Å². The first kappa shape index (κ1) is 24.6. The third-order valence-electron chi connectivity index (χ3n) is 5.25. The van der Waals surface area contributed by atoms with Crippen molar-refractivity contribution < 1.29 is 31.1 Å². The second kappa shape index (κ2) is 10.4. The fourth-order valence-electron chi connectivity index (χ4n) is 3.53. The van der Waals surface area contributed by atoms with Gasteiger partial charge in [-0.15, -0.1) is 0 Å². The molecule has 1 atom stereocenters. The van der Waals surface area contributed by atoms with Crippen molar-refractivity contribution in [3.63, 3.8) is 0 Å². The van der Waals surface area contributed by atoms with Gasteiger partial charge in [0.05, 0.1) is 28.5 Å². The third kappa shape index (κ3) is 5.42. The Bertz CT molecular complexity index is 1450. The molecule has 1 aromatic heterocycles. The molecule has 6 nitrogen and oxygen atoms in total. The molecule has 0 saturated heterocycles. The normalized spacial score (nSPS) is 12.1. The number of hydrogen-bond acceptors (Lipinski definition) is 5. The quantitative estimate of drug-likeness (QED) is 0.127. The molecule has 4 rings (SSSR count). The zero-order valence-corrected chi connectivity index (χ0v) is 18.7. The van der Waals surface area contributed by atoms with Crippen LogP contribution in [0.3, 0.4) is 0 Å². The van der Waals surface area contributed by atoms with Gasteiger partial charge in [-0.2, -0.15) is 0 Å². The van der Waals surface area contributed by atoms with Gasteiger partial charge in [0.2, 0.25) is 0 Å². The molecule has 35 heavy (non-hydrogen) atoms. The lowest BCUT2D eigenvalue weighted by molar-refractivity contribution is 0.102. The predicted molar refractivity (Wildman–Crippen MR) is 120 cm³/mol. The standard InChI is InChI=1S/C24H17F4N3O3S/c25-16-6-3-13(4-7-16)20-12-29-18-8-5-15(11-19(18)31-20)24(32)21-22(27)14(10-17(26)23(21)28)2-1-9-30-35(33)34/h3-8,10-12,30H,1-2,9H2,(H,33,34)/p-1. The Morgan fingerprint density at radius 2 is 1.71 bits per heavy atom. The number of rotatable bonds is 8. The number of aryl methyl sites for hydroxylation is 1. The molecule has 11 heteroatoms. The molecule has 0 fully saturated rings. The molecule has 0 spiro atoms. The Morgan fingerprint density at radius 3 is 2.43 bits per heavy atom. The first-order valence-corrected chi connectivity index (χ1v) is 11.4. The van der Waals surface area contributed by atoms with Gasteiger partial charge in [0.1, 0.15) is 11.6 Å². The average molecular weight is 502 g/mol. The molecule has 180 valence electrons. The smallest absolute Gasteiger partial charge is 0.199 e. The summed E-state index contributed by atoms with van der Waals surface area (Å²) in [6, 6.07) is 10.2. The number of benzene rings is 3. The molecule has 0 radical (unpaired) electrons. The summed E-state index contributed by atoms with van der Waals surface area (Å²) in [5.41, 5.74) is 0.149. The van der Waals surface area contributed by atoms with E-state index < -0.39 is 45.9 Å². The van der Waals surface area contributed by atoms with Crippen molar-refractivity contribution in [2.45, 2.75) is 12.8 Å². The molecular weight excluding hydrogens is 486 g/mol. The van der Waals surface area contributed by atoms with Crippen LogP contribution in [0.5, 0.6) is 0 Å². The van der Waals surface area contributed by atoms with E-state index in [9.17, 15) is 26.7 Å². The lowest BCUT2D eigenvalue weighted by Crippen LogP contribution is -2.18. The lowest BCUT2D eigenvalue weighted by atomic mass is 9.97. The van der Waals surface area contributed by atoms with Crippen molar-refractivity contribution in [1.29, 1.82) is 0 Å². The largest absolute Gasteiger partial charge is 0.760 e. The van der Waals surface area contributed by atoms with E-state index in [2.05, 4.69) is 14.7 Å². The van der Waals surface area contributed by atoms with E-state index >= 15 is 4.39 Å². The van der Waals surface area contributed by atoms with Gasteiger partial charge in [-0.1, -0.05) is 0 Å². The highest BCUT2D eigenvalue weighted by atomic mass is 32.2. The van der Waals surface area contributed by atoms with Gasteiger partial charge in [0, 0.05) is 28.9 Å². The molecule has 0 amide bonds. The van der Waals surface area contributed by atoms with Crippen molar-refractivity contribution in [2.24, 2.45) is 0 Å². The number of carbonyl (C=O) groups excluding carboxylic acids is 1. The van der Waals surface area contributed by atoms with Crippen molar-refractivity contribution in [3.8, 4) is 11.3 Å². The molecule has 0 aliphatic heterocycles. The molecule has 1 unspecified atom stereocenters. The lowest BCUT2D eigenvalue weighted by Gasteiger charge is -2.12. The maximum absolute atomic E-state index is 15.0. The Hall–Kier alpha value is -3.54. The fourth-order valence-corrected chi connectivity index (χ4v) is 3.84. The summed E-state index contributed by atoms with van der Waals surface area (Å²) in [4.78, 5) is 21.7. The Labute approximate surface area is 199 Å². The number of hydrogen-bond donors (Lipinski definition) is 1. The number of aromatic nitrogens is 2. The fraction of sp³-hybridized carbons (Fsp3) is 0.125. The summed E-state index contributed by atoms with van der Waals surface area (Å²) >= 11 is -2.51. The molecule has 0 aliphatic rings. The Kier molecular flexibility index (Phi) is 7.29. The van der Waals surface area contributed by atoms with Crippen LogP contribution in [0.15, 0.2) is 54.7 Å². The van der Waals surface area contributed by atoms with E-state index in [0.717, 1.165) is 0 Å². The van der Waals surface area contributed by atoms with Crippen LogP contribution in [0.4, 0.5) is 17.6 Å². The van der Waals surface area contributed by atoms with Crippen LogP contribution in [0.25, 0.3) is 22.3 Å². The van der Waals surface area contributed by atoms with E-state index in [1.807, 2.05) is 0 Å². The van der Waals surface area contributed by atoms with Crippen LogP contribution in [0, 0.1) is 23.3 Å². The Morgan fingerprint density at radius 1 is 0.971 bits per heavy atom. The van der Waals surface area contributed by atoms with Crippen LogP contribution in [-0.4, -0.2) is 31.1 Å². The minimum Gasteiger partial charge on any atom is -0.760 e. The monoisotopic (exact) mass is 502 g/mol. The number of fused-ring (bicyclic) bond motifs is 1. The average Bonchev–Trinajstić information content (AvgIpc) is 2.84. The molecular formula is C24H16F4N3O3S-. The van der Waals surface area contributed by atoms with E-state index in [1.54, 1.807) is 0 Å². The highest BCUT2D eigenvalue weighted by Crippen LogP contribution is 2.26. The highest BCUT2D eigenvalue weighted by molar-refractivity contribution is 7.77. The van der Waals surface area contributed by atoms with Crippen LogP contribution >= 0.6 is 0 Å². The minimum atomic E-state index is -2.51. The maximum Gasteiger partial charge on any atom is 0.199 e. The molecule has 1 heterocycles. The molecule has 0 saturated carbocycles. The van der Waals surface area contributed by atoms with E-state index in [-0.39, 0.29) is 36.0 Å². The minimum absolute atomic E-state index is 0.0441. The zero-order valence-electron chi connectivity index (χ0n) is 17.9. The van der Waals surface area contributed by atoms with Gasteiger partial charge in [-0.3, -0.25) is 14.0 Å². The van der Waals surface area contributed by atoms with Gasteiger partial charge in [-0.25, -0.2) is 27.3 Å². The topological polar surface area (TPSA) is 95.0 Å². The van der Waals surface area contributed by atoms with Crippen LogP contribution in [-0.2, 0) is 17.7 Å². The number of nitrogens with zero attached hydrogens (tertiary/aromatic N) is 2. The zero-order chi connectivity index (χ0) is 25.1. The SMILES string of the molecule is O=C(c1ccc2ncc(-c3ccc(F)cc3)nc2c1)c1c(F)c(F)cc(CCCNS(=O)[O-])c1F. The second-order valence-electron chi connectivity index (χ2n) is 7.55. The maximum atomic E-state index is 15.0. The second-order valence-corrected chi connectivity index (χ2v) is 8.31. The first-order chi connectivity index (χ1) is 16.7. The van der Waals surface area contributed by atoms with Gasteiger partial charge in [0.25, 0.3) is 0 Å². The summed E-state index contributed by atoms with van der Waals surface area (Å²) in [6.45, 7) is -0.0441. The third-order valence-corrected chi connectivity index (χ3v) is 5.69. The number of ketones is 1. The number of carbonyl (C=O) groups is 1. The van der Waals surface area contributed by atoms with Crippen molar-refractivity contribution in [1.82, 2.24) is 14.7 Å². The first-order valence-electron chi connectivity index (χ1n) is 10.3. The van der Waals surface area contributed by atoms with Crippen molar-refractivity contribution >= 4 is 28.1 Å². The van der Waals surface area contributed by atoms with Gasteiger partial charge in [0.15, 0.2) is 17.4 Å². The van der Waals surface area contributed by atoms with Crippen LogP contribution < -0.4 is 4.72 Å². The molecule has 0 aliphatic carbocycles. The van der Waals surface area contributed by atoms with Crippen LogP contribution in [0.2, 0.25) is 0 Å². The van der Waals surface area contributed by atoms with E-state index in [0.29, 0.717) is 22.8 Å². The highest BCUT2D eigenvalue weighted by Gasteiger charge is 2.25. The number of nitrogens with one attached hydrogen (secondary N) is 1. The summed E-state index contributed by atoms with van der Waals surface area (Å²) in [5.74, 6) is -5.75. The van der Waals surface area contributed by atoms with Gasteiger partial charge < -0.3 is 4.55 Å². The summed E-state index contributed by atoms with van der Waals surface area (Å²) in [5, 5.41) is 0. The summed E-state index contributed by atoms with van der Waals surface area (Å²) in [6.07, 6.45) is 1.44. The molecule has 0 bridgehead atoms. The van der Waals surface area contributed by atoms with E-state index in [4.69, 9.17) is 0 Å². The van der Waals surface area contributed by atoms with Gasteiger partial charge in [-0.05, 0) is 66.9 Å². The molecule has 1 N–H and O–H groups in total. The summed E-state index contributed by atoms with van der Waals surface area (Å²) in [7, 11) is 0. The molecule has 4 aromatic rings. The molecule has 3 aromatic carbocycles. The predicted octanol–water partition coefficient (Wildman–Crippen LogP) is 4.40. The Balaban J connectivity index is 1.68. The number of halogens is 4. The summed E-state index contributed by atoms with van der Waals surface area (Å²) < 4.78 is 80.1. The van der Waals surface area contributed by atoms with Gasteiger partial charge >= 0.3 is 0 Å². The van der Waals surface area contributed by atoms with E-state index in [1.165, 1.54) is 48.7 Å². The van der Waals surface area contributed by atoms with Crippen LogP contribution in [0.1, 0.15) is 27.9 Å². The van der Waals surface area contributed by atoms with Crippen molar-refractivity contribution in [3.05, 3.63) is 94.7 Å².